The SMILES string of the molecule is CC/C=C\C/C=C\C/C=C\CCCCCCCCCCCC(=O)OCC(COC(=O)CCCCCCCCC/C=C\CCCCCCCC)OC(=O)CCC/C=C\C/C=C\C/C=C\C/C=C\CCCCC. The summed E-state index contributed by atoms with van der Waals surface area (Å²) in [6, 6.07) is 0. The number of carbonyl (C=O) groups is 3. The van der Waals surface area contributed by atoms with E-state index in [1.165, 1.54) is 148 Å². The van der Waals surface area contributed by atoms with Crippen molar-refractivity contribution >= 4 is 17.9 Å². The van der Waals surface area contributed by atoms with Gasteiger partial charge in [-0.2, -0.15) is 0 Å². The lowest BCUT2D eigenvalue weighted by Crippen LogP contribution is -2.30. The summed E-state index contributed by atoms with van der Waals surface area (Å²) in [5.74, 6) is -0.964. The van der Waals surface area contributed by atoms with Crippen LogP contribution in [0.2, 0.25) is 0 Å². The van der Waals surface area contributed by atoms with Crippen LogP contribution in [0.15, 0.2) is 97.2 Å². The monoisotopic (exact) mass is 987 g/mol. The van der Waals surface area contributed by atoms with Crippen LogP contribution >= 0.6 is 0 Å². The Morgan fingerprint density at radius 1 is 0.296 bits per heavy atom. The molecule has 71 heavy (non-hydrogen) atoms. The van der Waals surface area contributed by atoms with Gasteiger partial charge in [0.1, 0.15) is 13.2 Å². The van der Waals surface area contributed by atoms with Crippen molar-refractivity contribution in [1.82, 2.24) is 0 Å². The first-order valence-corrected chi connectivity index (χ1v) is 29.7. The van der Waals surface area contributed by atoms with Crippen molar-refractivity contribution in [3.05, 3.63) is 97.2 Å². The molecule has 1 atom stereocenters. The van der Waals surface area contributed by atoms with E-state index < -0.39 is 6.10 Å². The number of hydrogen-bond acceptors (Lipinski definition) is 6. The summed E-state index contributed by atoms with van der Waals surface area (Å²) in [5, 5.41) is 0. The Hall–Kier alpha value is -3.67. The third-order valence-electron chi connectivity index (χ3n) is 12.5. The molecule has 0 fully saturated rings. The van der Waals surface area contributed by atoms with Gasteiger partial charge < -0.3 is 14.2 Å². The van der Waals surface area contributed by atoms with E-state index >= 15 is 0 Å². The number of esters is 3. The van der Waals surface area contributed by atoms with Gasteiger partial charge in [-0.25, -0.2) is 0 Å². The minimum Gasteiger partial charge on any atom is -0.462 e. The van der Waals surface area contributed by atoms with Crippen LogP contribution in [0.3, 0.4) is 0 Å². The van der Waals surface area contributed by atoms with Crippen LogP contribution in [-0.4, -0.2) is 37.2 Å². The molecule has 0 bridgehead atoms. The molecule has 0 aromatic heterocycles. The maximum absolute atomic E-state index is 12.9. The van der Waals surface area contributed by atoms with Crippen LogP contribution in [-0.2, 0) is 28.6 Å². The van der Waals surface area contributed by atoms with Crippen LogP contribution in [0, 0.1) is 0 Å². The Balaban J connectivity index is 4.47. The van der Waals surface area contributed by atoms with Gasteiger partial charge >= 0.3 is 17.9 Å². The zero-order chi connectivity index (χ0) is 51.4. The van der Waals surface area contributed by atoms with Gasteiger partial charge in [-0.05, 0) is 116 Å². The van der Waals surface area contributed by atoms with Crippen molar-refractivity contribution < 1.29 is 28.6 Å². The van der Waals surface area contributed by atoms with Gasteiger partial charge in [-0.3, -0.25) is 14.4 Å². The first kappa shape index (κ1) is 67.3. The molecule has 1 unspecified atom stereocenters. The normalized spacial score (nSPS) is 12.8. The Morgan fingerprint density at radius 3 is 0.944 bits per heavy atom. The second kappa shape index (κ2) is 58.9. The molecule has 0 spiro atoms. The van der Waals surface area contributed by atoms with Crippen LogP contribution in [0.1, 0.15) is 278 Å². The molecule has 6 heteroatoms. The second-order valence-electron chi connectivity index (χ2n) is 19.5. The van der Waals surface area contributed by atoms with Gasteiger partial charge in [0, 0.05) is 19.3 Å². The fraction of sp³-hybridized carbons (Fsp3) is 0.708. The van der Waals surface area contributed by atoms with Crippen molar-refractivity contribution in [2.24, 2.45) is 0 Å². The Kier molecular flexibility index (Phi) is 55.9. The molecular formula is C65H110O6. The summed E-state index contributed by atoms with van der Waals surface area (Å²) in [4.78, 5) is 38.2. The Labute approximate surface area is 438 Å². The molecule has 0 radical (unpaired) electrons. The Morgan fingerprint density at radius 2 is 0.563 bits per heavy atom. The summed E-state index contributed by atoms with van der Waals surface area (Å²) in [6.45, 7) is 6.46. The molecule has 0 aromatic rings. The molecule has 0 heterocycles. The topological polar surface area (TPSA) is 78.9 Å². The highest BCUT2D eigenvalue weighted by Gasteiger charge is 2.19. The predicted octanol–water partition coefficient (Wildman–Crippen LogP) is 20.1. The van der Waals surface area contributed by atoms with Crippen molar-refractivity contribution in [2.75, 3.05) is 13.2 Å². The van der Waals surface area contributed by atoms with Crippen molar-refractivity contribution in [3.8, 4) is 0 Å². The molecule has 406 valence electrons. The molecule has 0 N–H and O–H groups in total. The number of unbranched alkanes of at least 4 members (excludes halogenated alkanes) is 26. The van der Waals surface area contributed by atoms with Crippen LogP contribution in [0.25, 0.3) is 0 Å². The first-order valence-electron chi connectivity index (χ1n) is 29.7. The van der Waals surface area contributed by atoms with E-state index in [0.717, 1.165) is 83.5 Å². The average Bonchev–Trinajstić information content (AvgIpc) is 3.37. The largest absolute Gasteiger partial charge is 0.462 e. The van der Waals surface area contributed by atoms with Crippen LogP contribution in [0.5, 0.6) is 0 Å². The van der Waals surface area contributed by atoms with E-state index in [0.29, 0.717) is 19.3 Å². The van der Waals surface area contributed by atoms with E-state index in [4.69, 9.17) is 14.2 Å². The van der Waals surface area contributed by atoms with Gasteiger partial charge in [0.15, 0.2) is 6.10 Å². The zero-order valence-electron chi connectivity index (χ0n) is 46.5. The molecule has 0 aliphatic carbocycles. The molecule has 0 aliphatic heterocycles. The van der Waals surface area contributed by atoms with Gasteiger partial charge in [0.05, 0.1) is 0 Å². The molecule has 0 rings (SSSR count). The van der Waals surface area contributed by atoms with Crippen molar-refractivity contribution in [2.45, 2.75) is 284 Å². The standard InChI is InChI=1S/C65H110O6/c1-4-7-10-13-16-19-22-25-28-31-32-35-37-40-43-46-49-52-55-58-64(67)70-61-62(71-65(68)59-56-53-50-47-44-41-38-34-30-27-24-21-18-15-12-9-6-3)60-69-63(66)57-54-51-48-45-42-39-36-33-29-26-23-20-17-14-11-8-5-2/h7,10,16,18-19,21,25-30,38,41,47,50,62H,4-6,8-9,11-15,17,20,22-24,31-37,39-40,42-46,48-49,51-61H2,1-3H3/b10-7-,19-16-,21-18-,28-25-,29-26-,30-27-,41-38-,50-47-. The zero-order valence-corrected chi connectivity index (χ0v) is 46.5. The summed E-state index contributed by atoms with van der Waals surface area (Å²) in [6.07, 6.45) is 78.3. The lowest BCUT2D eigenvalue weighted by Gasteiger charge is -2.18. The smallest absolute Gasteiger partial charge is 0.306 e. The molecule has 0 saturated heterocycles. The average molecular weight is 988 g/mol. The number of hydrogen-bond donors (Lipinski definition) is 0. The number of rotatable bonds is 53. The highest BCUT2D eigenvalue weighted by Crippen LogP contribution is 2.15. The maximum atomic E-state index is 12.9. The van der Waals surface area contributed by atoms with Crippen LogP contribution in [0.4, 0.5) is 0 Å². The molecule has 0 aromatic carbocycles. The summed E-state index contributed by atoms with van der Waals surface area (Å²) in [5.41, 5.74) is 0. The maximum Gasteiger partial charge on any atom is 0.306 e. The highest BCUT2D eigenvalue weighted by atomic mass is 16.6. The number of allylic oxidation sites excluding steroid dienone is 16. The second-order valence-corrected chi connectivity index (χ2v) is 19.5. The minimum atomic E-state index is -0.812. The predicted molar refractivity (Wildman–Crippen MR) is 307 cm³/mol. The summed E-state index contributed by atoms with van der Waals surface area (Å²) >= 11 is 0. The van der Waals surface area contributed by atoms with Crippen LogP contribution < -0.4 is 0 Å². The van der Waals surface area contributed by atoms with E-state index in [-0.39, 0.29) is 37.5 Å². The molecule has 0 amide bonds. The van der Waals surface area contributed by atoms with E-state index in [9.17, 15) is 14.4 Å². The van der Waals surface area contributed by atoms with Gasteiger partial charge in [0.2, 0.25) is 0 Å². The first-order chi connectivity index (χ1) is 35.0. The molecular weight excluding hydrogens is 877 g/mol. The third-order valence-corrected chi connectivity index (χ3v) is 12.5. The fourth-order valence-corrected chi connectivity index (χ4v) is 8.09. The van der Waals surface area contributed by atoms with Crippen molar-refractivity contribution in [1.29, 1.82) is 0 Å². The lowest BCUT2D eigenvalue weighted by molar-refractivity contribution is -0.167. The number of carbonyl (C=O) groups excluding carboxylic acids is 3. The molecule has 0 saturated carbocycles. The van der Waals surface area contributed by atoms with E-state index in [1.807, 2.05) is 0 Å². The molecule has 0 aliphatic rings. The van der Waals surface area contributed by atoms with Gasteiger partial charge in [-0.15, -0.1) is 0 Å². The fourth-order valence-electron chi connectivity index (χ4n) is 8.09. The minimum absolute atomic E-state index is 0.103. The summed E-state index contributed by atoms with van der Waals surface area (Å²) in [7, 11) is 0. The van der Waals surface area contributed by atoms with Crippen molar-refractivity contribution in [3.63, 3.8) is 0 Å². The van der Waals surface area contributed by atoms with Gasteiger partial charge in [-0.1, -0.05) is 240 Å². The quantitative estimate of drug-likeness (QED) is 0.0261. The highest BCUT2D eigenvalue weighted by molar-refractivity contribution is 5.71. The molecule has 6 nitrogen and oxygen atoms in total. The lowest BCUT2D eigenvalue weighted by atomic mass is 10.1. The van der Waals surface area contributed by atoms with E-state index in [2.05, 4.69) is 118 Å². The third kappa shape index (κ3) is 57.1. The van der Waals surface area contributed by atoms with E-state index in [1.54, 1.807) is 0 Å². The van der Waals surface area contributed by atoms with Gasteiger partial charge in [0.25, 0.3) is 0 Å². The summed E-state index contributed by atoms with van der Waals surface area (Å²) < 4.78 is 16.8. The Bertz CT molecular complexity index is 1410. The number of ether oxygens (including phenoxy) is 3.